The van der Waals surface area contributed by atoms with Gasteiger partial charge < -0.3 is 0 Å². The fourth-order valence-electron chi connectivity index (χ4n) is 2.76. The van der Waals surface area contributed by atoms with E-state index in [0.29, 0.717) is 10.7 Å². The van der Waals surface area contributed by atoms with Gasteiger partial charge >= 0.3 is 0 Å². The SMILES string of the molecule is CC(C)c1ccc(C(Br)C2CCCCC2)cc1. The van der Waals surface area contributed by atoms with Gasteiger partial charge in [-0.1, -0.05) is 73.3 Å². The lowest BCUT2D eigenvalue weighted by Gasteiger charge is -2.26. The largest absolute Gasteiger partial charge is 0.0836 e. The third-order valence-electron chi connectivity index (χ3n) is 3.99. The van der Waals surface area contributed by atoms with Crippen molar-refractivity contribution in [1.82, 2.24) is 0 Å². The van der Waals surface area contributed by atoms with E-state index in [4.69, 9.17) is 0 Å². The molecule has 1 aliphatic rings. The van der Waals surface area contributed by atoms with Gasteiger partial charge in [-0.3, -0.25) is 0 Å². The van der Waals surface area contributed by atoms with E-state index in [0.717, 1.165) is 5.92 Å². The van der Waals surface area contributed by atoms with Crippen molar-refractivity contribution in [2.45, 2.75) is 56.7 Å². The molecule has 0 N–H and O–H groups in total. The van der Waals surface area contributed by atoms with Crippen molar-refractivity contribution in [3.05, 3.63) is 35.4 Å². The maximum absolute atomic E-state index is 3.91. The lowest BCUT2D eigenvalue weighted by atomic mass is 9.84. The molecule has 0 aromatic heterocycles. The maximum atomic E-state index is 3.91. The number of hydrogen-bond donors (Lipinski definition) is 0. The molecule has 1 unspecified atom stereocenters. The number of hydrogen-bond acceptors (Lipinski definition) is 0. The minimum Gasteiger partial charge on any atom is -0.0836 e. The molecule has 1 heteroatoms. The second kappa shape index (κ2) is 6.04. The Morgan fingerprint density at radius 2 is 1.47 bits per heavy atom. The molecule has 0 nitrogen and oxygen atoms in total. The summed E-state index contributed by atoms with van der Waals surface area (Å²) >= 11 is 3.91. The van der Waals surface area contributed by atoms with Gasteiger partial charge in [0.25, 0.3) is 0 Å². The van der Waals surface area contributed by atoms with Crippen LogP contribution in [0.25, 0.3) is 0 Å². The highest BCUT2D eigenvalue weighted by molar-refractivity contribution is 9.09. The van der Waals surface area contributed by atoms with E-state index < -0.39 is 0 Å². The summed E-state index contributed by atoms with van der Waals surface area (Å²) in [6, 6.07) is 9.20. The van der Waals surface area contributed by atoms with E-state index in [2.05, 4.69) is 54.0 Å². The Kier molecular flexibility index (Phi) is 4.67. The number of halogens is 1. The molecule has 1 aromatic carbocycles. The molecule has 1 aliphatic carbocycles. The van der Waals surface area contributed by atoms with Crippen LogP contribution >= 0.6 is 15.9 Å². The highest BCUT2D eigenvalue weighted by Gasteiger charge is 2.22. The van der Waals surface area contributed by atoms with Gasteiger partial charge in [0.2, 0.25) is 0 Å². The first-order valence-corrected chi connectivity index (χ1v) is 7.84. The average Bonchev–Trinajstić information content (AvgIpc) is 2.39. The first kappa shape index (κ1) is 13.1. The summed E-state index contributed by atoms with van der Waals surface area (Å²) in [5, 5.41) is 0. The van der Waals surface area contributed by atoms with Crippen molar-refractivity contribution in [1.29, 1.82) is 0 Å². The first-order chi connectivity index (χ1) is 8.18. The molecular weight excluding hydrogens is 272 g/mol. The molecule has 0 heterocycles. The van der Waals surface area contributed by atoms with E-state index in [9.17, 15) is 0 Å². The van der Waals surface area contributed by atoms with Crippen molar-refractivity contribution in [3.8, 4) is 0 Å². The topological polar surface area (TPSA) is 0 Å². The fraction of sp³-hybridized carbons (Fsp3) is 0.625. The highest BCUT2D eigenvalue weighted by atomic mass is 79.9. The van der Waals surface area contributed by atoms with Gasteiger partial charge in [0.15, 0.2) is 0 Å². The summed E-state index contributed by atoms with van der Waals surface area (Å²) in [6.45, 7) is 4.50. The Hall–Kier alpha value is -0.300. The van der Waals surface area contributed by atoms with E-state index in [1.54, 1.807) is 0 Å². The lowest BCUT2D eigenvalue weighted by molar-refractivity contribution is 0.354. The predicted molar refractivity (Wildman–Crippen MR) is 78.8 cm³/mol. The predicted octanol–water partition coefficient (Wildman–Crippen LogP) is 5.83. The van der Waals surface area contributed by atoms with Crippen LogP contribution in [0.5, 0.6) is 0 Å². The van der Waals surface area contributed by atoms with Crippen LogP contribution in [0.3, 0.4) is 0 Å². The normalized spacial score (nSPS) is 19.5. The molecule has 1 aromatic rings. The number of rotatable bonds is 3. The van der Waals surface area contributed by atoms with Crippen molar-refractivity contribution in [3.63, 3.8) is 0 Å². The van der Waals surface area contributed by atoms with Crippen LogP contribution in [0.2, 0.25) is 0 Å². The zero-order chi connectivity index (χ0) is 12.3. The fourth-order valence-corrected chi connectivity index (χ4v) is 3.60. The monoisotopic (exact) mass is 294 g/mol. The van der Waals surface area contributed by atoms with Gasteiger partial charge in [-0.2, -0.15) is 0 Å². The molecular formula is C16H23Br. The molecule has 0 amide bonds. The van der Waals surface area contributed by atoms with Gasteiger partial charge in [-0.15, -0.1) is 0 Å². The zero-order valence-electron chi connectivity index (χ0n) is 11.0. The Bertz CT molecular complexity index is 333. The summed E-state index contributed by atoms with van der Waals surface area (Å²) in [5.74, 6) is 1.47. The molecule has 0 aliphatic heterocycles. The van der Waals surface area contributed by atoms with E-state index >= 15 is 0 Å². The van der Waals surface area contributed by atoms with Crippen LogP contribution in [0.15, 0.2) is 24.3 Å². The molecule has 0 radical (unpaired) electrons. The first-order valence-electron chi connectivity index (χ1n) is 6.92. The van der Waals surface area contributed by atoms with Crippen LogP contribution in [0.1, 0.15) is 67.8 Å². The third-order valence-corrected chi connectivity index (χ3v) is 5.26. The van der Waals surface area contributed by atoms with Crippen molar-refractivity contribution in [2.24, 2.45) is 5.92 Å². The van der Waals surface area contributed by atoms with Gasteiger partial charge in [0.05, 0.1) is 0 Å². The molecule has 1 fully saturated rings. The van der Waals surface area contributed by atoms with Crippen LogP contribution in [-0.2, 0) is 0 Å². The molecule has 0 bridgehead atoms. The molecule has 2 rings (SSSR count). The van der Waals surface area contributed by atoms with Crippen LogP contribution in [0, 0.1) is 5.92 Å². The van der Waals surface area contributed by atoms with Crippen molar-refractivity contribution < 1.29 is 0 Å². The molecule has 1 atom stereocenters. The lowest BCUT2D eigenvalue weighted by Crippen LogP contribution is -2.11. The van der Waals surface area contributed by atoms with Gasteiger partial charge in [0.1, 0.15) is 0 Å². The van der Waals surface area contributed by atoms with Gasteiger partial charge in [-0.25, -0.2) is 0 Å². The van der Waals surface area contributed by atoms with E-state index in [1.807, 2.05) is 0 Å². The zero-order valence-corrected chi connectivity index (χ0v) is 12.5. The smallest absolute Gasteiger partial charge is 0.0423 e. The Morgan fingerprint density at radius 3 is 2.00 bits per heavy atom. The van der Waals surface area contributed by atoms with E-state index in [1.165, 1.54) is 43.2 Å². The van der Waals surface area contributed by atoms with Crippen LogP contribution < -0.4 is 0 Å². The summed E-state index contributed by atoms with van der Waals surface area (Å²) in [6.07, 6.45) is 7.04. The standard InChI is InChI=1S/C16H23Br/c1-12(2)13-8-10-15(11-9-13)16(17)14-6-4-3-5-7-14/h8-12,14,16H,3-7H2,1-2H3. The maximum Gasteiger partial charge on any atom is 0.0423 e. The van der Waals surface area contributed by atoms with Crippen molar-refractivity contribution >= 4 is 15.9 Å². The Morgan fingerprint density at radius 1 is 0.941 bits per heavy atom. The van der Waals surface area contributed by atoms with Crippen LogP contribution in [-0.4, -0.2) is 0 Å². The Balaban J connectivity index is 2.05. The third kappa shape index (κ3) is 3.34. The average molecular weight is 295 g/mol. The van der Waals surface area contributed by atoms with Gasteiger partial charge in [-0.05, 0) is 35.8 Å². The van der Waals surface area contributed by atoms with Gasteiger partial charge in [0, 0.05) is 4.83 Å². The molecule has 1 saturated carbocycles. The Labute approximate surface area is 114 Å². The number of alkyl halides is 1. The summed E-state index contributed by atoms with van der Waals surface area (Å²) in [4.78, 5) is 0.559. The molecule has 94 valence electrons. The van der Waals surface area contributed by atoms with Crippen LogP contribution in [0.4, 0.5) is 0 Å². The number of benzene rings is 1. The highest BCUT2D eigenvalue weighted by Crippen LogP contribution is 2.40. The second-order valence-electron chi connectivity index (χ2n) is 5.62. The summed E-state index contributed by atoms with van der Waals surface area (Å²) in [5.41, 5.74) is 2.90. The van der Waals surface area contributed by atoms with E-state index in [-0.39, 0.29) is 0 Å². The summed E-state index contributed by atoms with van der Waals surface area (Å²) in [7, 11) is 0. The minimum absolute atomic E-state index is 0.559. The van der Waals surface area contributed by atoms with Crippen molar-refractivity contribution in [2.75, 3.05) is 0 Å². The quantitative estimate of drug-likeness (QED) is 0.616. The molecule has 0 spiro atoms. The summed E-state index contributed by atoms with van der Waals surface area (Å²) < 4.78 is 0. The molecule has 17 heavy (non-hydrogen) atoms. The second-order valence-corrected chi connectivity index (χ2v) is 6.61. The molecule has 0 saturated heterocycles. The minimum atomic E-state index is 0.559.